The highest BCUT2D eigenvalue weighted by atomic mass is 16.5. The van der Waals surface area contributed by atoms with E-state index >= 15 is 0 Å². The number of aryl methyl sites for hydroxylation is 1. The third kappa shape index (κ3) is 4.38. The van der Waals surface area contributed by atoms with Gasteiger partial charge in [0, 0.05) is 5.69 Å². The van der Waals surface area contributed by atoms with Crippen LogP contribution in [0.1, 0.15) is 12.5 Å². The number of nitrogens with one attached hydrogen (secondary N) is 1. The highest BCUT2D eigenvalue weighted by Gasteiger charge is 2.19. The van der Waals surface area contributed by atoms with Crippen LogP contribution in [0.15, 0.2) is 59.5 Å². The van der Waals surface area contributed by atoms with E-state index in [-0.39, 0.29) is 6.54 Å². The fraction of sp³-hybridized carbons (Fsp3) is 0.200. The second-order valence-corrected chi connectivity index (χ2v) is 6.16. The fourth-order valence-corrected chi connectivity index (χ4v) is 2.58. The number of para-hydroxylation sites is 2. The van der Waals surface area contributed by atoms with Gasteiger partial charge < -0.3 is 10.1 Å². The molecule has 1 heterocycles. The van der Waals surface area contributed by atoms with Gasteiger partial charge in [0.25, 0.3) is 11.5 Å². The van der Waals surface area contributed by atoms with Crippen LogP contribution in [0, 0.1) is 6.92 Å². The second-order valence-electron chi connectivity index (χ2n) is 6.16. The lowest BCUT2D eigenvalue weighted by molar-refractivity contribution is -0.153. The lowest BCUT2D eigenvalue weighted by Crippen LogP contribution is -2.33. The lowest BCUT2D eigenvalue weighted by atomic mass is 10.2. The van der Waals surface area contributed by atoms with Crippen molar-refractivity contribution in [3.8, 4) is 0 Å². The molecule has 2 aromatic carbocycles. The molecule has 7 nitrogen and oxygen atoms in total. The molecule has 138 valence electrons. The zero-order valence-electron chi connectivity index (χ0n) is 15.0. The Kier molecular flexibility index (Phi) is 5.30. The van der Waals surface area contributed by atoms with Crippen molar-refractivity contribution >= 4 is 28.6 Å². The predicted octanol–water partition coefficient (Wildman–Crippen LogP) is 2.28. The van der Waals surface area contributed by atoms with Crippen LogP contribution in [-0.2, 0) is 20.9 Å². The smallest absolute Gasteiger partial charge is 0.326 e. The van der Waals surface area contributed by atoms with Crippen molar-refractivity contribution in [2.75, 3.05) is 5.32 Å². The third-order valence-corrected chi connectivity index (χ3v) is 4.04. The number of rotatable bonds is 5. The highest BCUT2D eigenvalue weighted by Crippen LogP contribution is 2.11. The van der Waals surface area contributed by atoms with Gasteiger partial charge in [0.1, 0.15) is 6.54 Å². The number of hydrogen-bond acceptors (Lipinski definition) is 5. The van der Waals surface area contributed by atoms with Gasteiger partial charge in [-0.05, 0) is 38.1 Å². The van der Waals surface area contributed by atoms with E-state index in [0.29, 0.717) is 16.7 Å². The zero-order valence-corrected chi connectivity index (χ0v) is 15.0. The van der Waals surface area contributed by atoms with E-state index in [0.717, 1.165) is 11.8 Å². The first-order valence-corrected chi connectivity index (χ1v) is 8.45. The van der Waals surface area contributed by atoms with Crippen LogP contribution in [0.3, 0.4) is 0 Å². The number of fused-ring (bicyclic) bond motifs is 1. The van der Waals surface area contributed by atoms with Crippen molar-refractivity contribution in [1.29, 1.82) is 0 Å². The minimum atomic E-state index is -0.998. The van der Waals surface area contributed by atoms with Gasteiger partial charge in [-0.3, -0.25) is 19.0 Å². The Balaban J connectivity index is 1.67. The maximum atomic E-state index is 12.2. The normalized spacial score (nSPS) is 11.8. The Labute approximate surface area is 155 Å². The number of esters is 1. The summed E-state index contributed by atoms with van der Waals surface area (Å²) in [6.45, 7) is 3.12. The van der Waals surface area contributed by atoms with E-state index in [2.05, 4.69) is 10.3 Å². The SMILES string of the molecule is Cc1ccc(NC(=O)C(C)OC(=O)Cn2c(=O)cnc3ccccc32)cc1. The summed E-state index contributed by atoms with van der Waals surface area (Å²) >= 11 is 0. The fourth-order valence-electron chi connectivity index (χ4n) is 2.58. The van der Waals surface area contributed by atoms with Gasteiger partial charge in [0.15, 0.2) is 6.10 Å². The Morgan fingerprint density at radius 2 is 1.85 bits per heavy atom. The van der Waals surface area contributed by atoms with E-state index in [1.165, 1.54) is 11.5 Å². The quantitative estimate of drug-likeness (QED) is 0.701. The van der Waals surface area contributed by atoms with Gasteiger partial charge in [-0.2, -0.15) is 0 Å². The molecule has 1 atom stereocenters. The Hall–Kier alpha value is -3.48. The van der Waals surface area contributed by atoms with Gasteiger partial charge in [0.05, 0.1) is 17.2 Å². The average molecular weight is 365 g/mol. The number of carbonyl (C=O) groups excluding carboxylic acids is 2. The predicted molar refractivity (Wildman–Crippen MR) is 101 cm³/mol. The van der Waals surface area contributed by atoms with Crippen molar-refractivity contribution < 1.29 is 14.3 Å². The van der Waals surface area contributed by atoms with E-state index in [9.17, 15) is 14.4 Å². The Bertz CT molecular complexity index is 1040. The van der Waals surface area contributed by atoms with Crippen LogP contribution in [0.4, 0.5) is 5.69 Å². The molecular weight excluding hydrogens is 346 g/mol. The molecule has 1 amide bonds. The van der Waals surface area contributed by atoms with Crippen molar-refractivity contribution in [1.82, 2.24) is 9.55 Å². The maximum absolute atomic E-state index is 12.2. The largest absolute Gasteiger partial charge is 0.451 e. The third-order valence-electron chi connectivity index (χ3n) is 4.04. The average Bonchev–Trinajstić information content (AvgIpc) is 2.66. The Morgan fingerprint density at radius 3 is 2.59 bits per heavy atom. The summed E-state index contributed by atoms with van der Waals surface area (Å²) < 4.78 is 6.46. The molecule has 27 heavy (non-hydrogen) atoms. The molecule has 0 radical (unpaired) electrons. The minimum Gasteiger partial charge on any atom is -0.451 e. The molecule has 0 bridgehead atoms. The first-order valence-electron chi connectivity index (χ1n) is 8.45. The molecule has 0 saturated carbocycles. The molecule has 0 saturated heterocycles. The summed E-state index contributed by atoms with van der Waals surface area (Å²) in [7, 11) is 0. The molecular formula is C20H19N3O4. The van der Waals surface area contributed by atoms with Crippen LogP contribution in [0.5, 0.6) is 0 Å². The summed E-state index contributed by atoms with van der Waals surface area (Å²) in [5, 5.41) is 2.68. The first-order chi connectivity index (χ1) is 12.9. The summed E-state index contributed by atoms with van der Waals surface area (Å²) in [5.74, 6) is -1.13. The van der Waals surface area contributed by atoms with E-state index in [4.69, 9.17) is 4.74 Å². The number of carbonyl (C=O) groups is 2. The van der Waals surface area contributed by atoms with E-state index in [1.807, 2.05) is 19.1 Å². The Morgan fingerprint density at radius 1 is 1.15 bits per heavy atom. The summed E-state index contributed by atoms with van der Waals surface area (Å²) in [6.07, 6.45) is 0.158. The molecule has 0 spiro atoms. The topological polar surface area (TPSA) is 90.3 Å². The van der Waals surface area contributed by atoms with Crippen LogP contribution < -0.4 is 10.9 Å². The zero-order chi connectivity index (χ0) is 19.4. The van der Waals surface area contributed by atoms with Gasteiger partial charge in [-0.25, -0.2) is 4.98 Å². The van der Waals surface area contributed by atoms with Crippen LogP contribution >= 0.6 is 0 Å². The standard InChI is InChI=1S/C20H19N3O4/c1-13-7-9-15(10-8-13)22-20(26)14(2)27-19(25)12-23-17-6-4-3-5-16(17)21-11-18(23)24/h3-11,14H,12H2,1-2H3,(H,22,26). The molecule has 1 N–H and O–H groups in total. The summed E-state index contributed by atoms with van der Waals surface area (Å²) in [6, 6.07) is 14.3. The maximum Gasteiger partial charge on any atom is 0.326 e. The molecule has 1 unspecified atom stereocenters. The lowest BCUT2D eigenvalue weighted by Gasteiger charge is -2.15. The van der Waals surface area contributed by atoms with Crippen molar-refractivity contribution in [2.45, 2.75) is 26.5 Å². The number of amides is 1. The van der Waals surface area contributed by atoms with Gasteiger partial charge >= 0.3 is 5.97 Å². The number of anilines is 1. The molecule has 0 aliphatic heterocycles. The van der Waals surface area contributed by atoms with Crippen LogP contribution in [0.2, 0.25) is 0 Å². The molecule has 3 aromatic rings. The number of aromatic nitrogens is 2. The van der Waals surface area contributed by atoms with Gasteiger partial charge in [0.2, 0.25) is 0 Å². The number of ether oxygens (including phenoxy) is 1. The monoisotopic (exact) mass is 365 g/mol. The summed E-state index contributed by atoms with van der Waals surface area (Å²) in [4.78, 5) is 40.5. The summed E-state index contributed by atoms with van der Waals surface area (Å²) in [5.41, 5.74) is 2.39. The van der Waals surface area contributed by atoms with Gasteiger partial charge in [-0.1, -0.05) is 29.8 Å². The second kappa shape index (κ2) is 7.82. The van der Waals surface area contributed by atoms with Crippen LogP contribution in [-0.4, -0.2) is 27.5 Å². The molecule has 0 aliphatic carbocycles. The van der Waals surface area contributed by atoms with Crippen molar-refractivity contribution in [2.24, 2.45) is 0 Å². The van der Waals surface area contributed by atoms with Crippen molar-refractivity contribution in [3.05, 3.63) is 70.6 Å². The van der Waals surface area contributed by atoms with Gasteiger partial charge in [-0.15, -0.1) is 0 Å². The highest BCUT2D eigenvalue weighted by molar-refractivity contribution is 5.95. The first kappa shape index (κ1) is 18.3. The molecule has 0 aliphatic rings. The molecule has 7 heteroatoms. The molecule has 0 fully saturated rings. The number of benzene rings is 2. The molecule has 1 aromatic heterocycles. The number of hydrogen-bond donors (Lipinski definition) is 1. The molecule has 3 rings (SSSR count). The van der Waals surface area contributed by atoms with Crippen LogP contribution in [0.25, 0.3) is 11.0 Å². The minimum absolute atomic E-state index is 0.302. The van der Waals surface area contributed by atoms with Crippen molar-refractivity contribution in [3.63, 3.8) is 0 Å². The van der Waals surface area contributed by atoms with E-state index < -0.39 is 23.5 Å². The van der Waals surface area contributed by atoms with E-state index in [1.54, 1.807) is 36.4 Å². The number of nitrogens with zero attached hydrogens (tertiary/aromatic N) is 2.